The lowest BCUT2D eigenvalue weighted by Gasteiger charge is -2.22. The molecule has 0 atom stereocenters. The molecule has 3 rings (SSSR count). The molecule has 0 aliphatic rings. The van der Waals surface area contributed by atoms with Crippen LogP contribution in [0.1, 0.15) is 25.8 Å². The van der Waals surface area contributed by atoms with Crippen molar-refractivity contribution in [2.45, 2.75) is 31.7 Å². The molecule has 1 aromatic carbocycles. The van der Waals surface area contributed by atoms with Crippen LogP contribution in [0.2, 0.25) is 0 Å². The van der Waals surface area contributed by atoms with Gasteiger partial charge in [0.05, 0.1) is 12.3 Å². The number of nitrogens with zero attached hydrogens (tertiary/aromatic N) is 3. The smallest absolute Gasteiger partial charge is 0.265 e. The van der Waals surface area contributed by atoms with Crippen LogP contribution in [0.15, 0.2) is 71.9 Å². The SMILES string of the molecule is CCCOc1ncccc1CNc1ccc(S(=O)(=O)N(CC)c2ccccc2)cn1. The van der Waals surface area contributed by atoms with E-state index in [0.717, 1.165) is 12.0 Å². The maximum atomic E-state index is 13.0. The third-order valence-electron chi connectivity index (χ3n) is 4.41. The number of rotatable bonds is 10. The molecule has 7 nitrogen and oxygen atoms in total. The van der Waals surface area contributed by atoms with E-state index < -0.39 is 10.0 Å². The topological polar surface area (TPSA) is 84.4 Å². The molecule has 2 heterocycles. The van der Waals surface area contributed by atoms with Crippen LogP contribution in [0.3, 0.4) is 0 Å². The first kappa shape index (κ1) is 21.6. The summed E-state index contributed by atoms with van der Waals surface area (Å²) in [5.74, 6) is 1.16. The standard InChI is InChI=1S/C22H26N4O3S/c1-3-15-29-22-18(9-8-14-23-22)16-24-21-13-12-20(17-25-21)30(27,28)26(4-2)19-10-6-5-7-11-19/h5-14,17H,3-4,15-16H2,1-2H3,(H,24,25). The number of sulfonamides is 1. The molecule has 0 aliphatic carbocycles. The van der Waals surface area contributed by atoms with E-state index >= 15 is 0 Å². The highest BCUT2D eigenvalue weighted by Gasteiger charge is 2.23. The zero-order valence-electron chi connectivity index (χ0n) is 17.2. The molecule has 0 bridgehead atoms. The van der Waals surface area contributed by atoms with Crippen LogP contribution in [0, 0.1) is 0 Å². The fourth-order valence-corrected chi connectivity index (χ4v) is 4.34. The van der Waals surface area contributed by atoms with Crippen LogP contribution in [0.4, 0.5) is 11.5 Å². The van der Waals surface area contributed by atoms with Crippen molar-refractivity contribution >= 4 is 21.5 Å². The highest BCUT2D eigenvalue weighted by atomic mass is 32.2. The van der Waals surface area contributed by atoms with E-state index in [2.05, 4.69) is 15.3 Å². The van der Waals surface area contributed by atoms with E-state index in [0.29, 0.717) is 37.1 Å². The fraction of sp³-hybridized carbons (Fsp3) is 0.273. The molecule has 30 heavy (non-hydrogen) atoms. The maximum Gasteiger partial charge on any atom is 0.265 e. The lowest BCUT2D eigenvalue weighted by atomic mass is 10.2. The Balaban J connectivity index is 1.72. The van der Waals surface area contributed by atoms with Crippen molar-refractivity contribution in [2.24, 2.45) is 0 Å². The normalized spacial score (nSPS) is 11.1. The largest absolute Gasteiger partial charge is 0.477 e. The number of para-hydroxylation sites is 1. The molecule has 0 spiro atoms. The predicted octanol–water partition coefficient (Wildman–Crippen LogP) is 4.09. The van der Waals surface area contributed by atoms with Crippen molar-refractivity contribution in [3.63, 3.8) is 0 Å². The second-order valence-electron chi connectivity index (χ2n) is 6.55. The molecular weight excluding hydrogens is 400 g/mol. The van der Waals surface area contributed by atoms with Gasteiger partial charge < -0.3 is 10.1 Å². The molecule has 0 unspecified atom stereocenters. The van der Waals surface area contributed by atoms with Crippen LogP contribution in [-0.2, 0) is 16.6 Å². The van der Waals surface area contributed by atoms with Gasteiger partial charge in [-0.25, -0.2) is 18.4 Å². The van der Waals surface area contributed by atoms with E-state index in [9.17, 15) is 8.42 Å². The van der Waals surface area contributed by atoms with E-state index in [-0.39, 0.29) is 4.90 Å². The molecule has 0 amide bonds. The maximum absolute atomic E-state index is 13.0. The number of nitrogens with one attached hydrogen (secondary N) is 1. The Bertz CT molecular complexity index is 1040. The fourth-order valence-electron chi connectivity index (χ4n) is 2.92. The summed E-state index contributed by atoms with van der Waals surface area (Å²) in [5, 5.41) is 3.19. The van der Waals surface area contributed by atoms with Gasteiger partial charge in [-0.3, -0.25) is 4.31 Å². The predicted molar refractivity (Wildman–Crippen MR) is 118 cm³/mol. The second-order valence-corrected chi connectivity index (χ2v) is 8.42. The summed E-state index contributed by atoms with van der Waals surface area (Å²) in [5.41, 5.74) is 1.53. The summed E-state index contributed by atoms with van der Waals surface area (Å²) in [6.07, 6.45) is 3.97. The van der Waals surface area contributed by atoms with Crippen LogP contribution in [-0.4, -0.2) is 31.5 Å². The third-order valence-corrected chi connectivity index (χ3v) is 6.30. The quantitative estimate of drug-likeness (QED) is 0.526. The van der Waals surface area contributed by atoms with E-state index in [1.165, 1.54) is 10.5 Å². The van der Waals surface area contributed by atoms with Gasteiger partial charge in [-0.2, -0.15) is 0 Å². The van der Waals surface area contributed by atoms with Gasteiger partial charge in [-0.1, -0.05) is 31.2 Å². The van der Waals surface area contributed by atoms with E-state index in [4.69, 9.17) is 4.74 Å². The molecule has 0 saturated carbocycles. The third kappa shape index (κ3) is 5.07. The van der Waals surface area contributed by atoms with Gasteiger partial charge in [0.1, 0.15) is 10.7 Å². The molecular formula is C22H26N4O3S. The first-order chi connectivity index (χ1) is 14.6. The first-order valence-corrected chi connectivity index (χ1v) is 11.3. The minimum Gasteiger partial charge on any atom is -0.477 e. The Hall–Kier alpha value is -3.13. The summed E-state index contributed by atoms with van der Waals surface area (Å²) in [6.45, 7) is 5.24. The lowest BCUT2D eigenvalue weighted by molar-refractivity contribution is 0.302. The van der Waals surface area contributed by atoms with Crippen molar-refractivity contribution in [2.75, 3.05) is 22.8 Å². The average molecular weight is 427 g/mol. The van der Waals surface area contributed by atoms with Gasteiger partial charge >= 0.3 is 0 Å². The Morgan fingerprint density at radius 3 is 2.47 bits per heavy atom. The van der Waals surface area contributed by atoms with Crippen molar-refractivity contribution in [3.05, 3.63) is 72.6 Å². The summed E-state index contributed by atoms with van der Waals surface area (Å²) < 4.78 is 33.1. The van der Waals surface area contributed by atoms with E-state index in [1.54, 1.807) is 37.4 Å². The number of hydrogen-bond donors (Lipinski definition) is 1. The number of pyridine rings is 2. The Morgan fingerprint density at radius 1 is 1.00 bits per heavy atom. The monoisotopic (exact) mass is 426 g/mol. The molecule has 2 aromatic heterocycles. The summed E-state index contributed by atoms with van der Waals surface area (Å²) in [7, 11) is -3.69. The minimum atomic E-state index is -3.69. The van der Waals surface area contributed by atoms with Gasteiger partial charge in [0.25, 0.3) is 10.0 Å². The molecule has 0 aliphatic heterocycles. The number of benzene rings is 1. The van der Waals surface area contributed by atoms with Crippen LogP contribution in [0.25, 0.3) is 0 Å². The molecule has 8 heteroatoms. The number of ether oxygens (including phenoxy) is 1. The van der Waals surface area contributed by atoms with Gasteiger partial charge in [0.2, 0.25) is 5.88 Å². The first-order valence-electron chi connectivity index (χ1n) is 9.90. The zero-order valence-corrected chi connectivity index (χ0v) is 18.0. The van der Waals surface area contributed by atoms with Crippen molar-refractivity contribution < 1.29 is 13.2 Å². The summed E-state index contributed by atoms with van der Waals surface area (Å²) in [4.78, 5) is 8.69. The van der Waals surface area contributed by atoms with Gasteiger partial charge in [0.15, 0.2) is 0 Å². The summed E-state index contributed by atoms with van der Waals surface area (Å²) in [6, 6.07) is 16.0. The molecule has 0 fully saturated rings. The van der Waals surface area contributed by atoms with Crippen molar-refractivity contribution in [3.8, 4) is 5.88 Å². The highest BCUT2D eigenvalue weighted by Crippen LogP contribution is 2.23. The van der Waals surface area contributed by atoms with E-state index in [1.807, 2.05) is 37.3 Å². The van der Waals surface area contributed by atoms with Crippen LogP contribution < -0.4 is 14.4 Å². The van der Waals surface area contributed by atoms with Crippen molar-refractivity contribution in [1.82, 2.24) is 9.97 Å². The molecule has 3 aromatic rings. The van der Waals surface area contributed by atoms with Gasteiger partial charge in [-0.05, 0) is 43.7 Å². The van der Waals surface area contributed by atoms with Gasteiger partial charge in [0, 0.05) is 31.0 Å². The summed E-state index contributed by atoms with van der Waals surface area (Å²) >= 11 is 0. The van der Waals surface area contributed by atoms with Gasteiger partial charge in [-0.15, -0.1) is 0 Å². The molecule has 0 saturated heterocycles. The zero-order chi connectivity index (χ0) is 21.4. The Labute approximate surface area is 177 Å². The second kappa shape index (κ2) is 10.1. The number of hydrogen-bond acceptors (Lipinski definition) is 6. The molecule has 158 valence electrons. The lowest BCUT2D eigenvalue weighted by Crippen LogP contribution is -2.30. The number of anilines is 2. The minimum absolute atomic E-state index is 0.145. The van der Waals surface area contributed by atoms with Crippen LogP contribution >= 0.6 is 0 Å². The molecule has 1 N–H and O–H groups in total. The van der Waals surface area contributed by atoms with Crippen LogP contribution in [0.5, 0.6) is 5.88 Å². The Kier molecular flexibility index (Phi) is 7.24. The Morgan fingerprint density at radius 2 is 1.80 bits per heavy atom. The molecule has 0 radical (unpaired) electrons. The van der Waals surface area contributed by atoms with Crippen molar-refractivity contribution in [1.29, 1.82) is 0 Å². The number of aromatic nitrogens is 2. The highest BCUT2D eigenvalue weighted by molar-refractivity contribution is 7.92. The average Bonchev–Trinajstić information content (AvgIpc) is 2.78.